The fraction of sp³-hybridized carbons (Fsp3) is 0.533. The van der Waals surface area contributed by atoms with E-state index in [9.17, 15) is 13.2 Å². The van der Waals surface area contributed by atoms with Gasteiger partial charge in [-0.2, -0.15) is 0 Å². The molecule has 6 nitrogen and oxygen atoms in total. The van der Waals surface area contributed by atoms with Crippen LogP contribution in [0.1, 0.15) is 23.2 Å². The number of nitrogens with zero attached hydrogens (tertiary/aromatic N) is 1. The van der Waals surface area contributed by atoms with Crippen molar-refractivity contribution in [3.05, 3.63) is 28.8 Å². The first-order valence-corrected chi connectivity index (χ1v) is 9.64. The van der Waals surface area contributed by atoms with Gasteiger partial charge in [0.15, 0.2) is 15.6 Å². The molecule has 1 aromatic rings. The number of hydrogen-bond donors (Lipinski definition) is 0. The van der Waals surface area contributed by atoms with E-state index in [0.717, 1.165) is 6.26 Å². The van der Waals surface area contributed by atoms with E-state index in [4.69, 9.17) is 21.1 Å². The lowest BCUT2D eigenvalue weighted by atomic mass is 10.0. The van der Waals surface area contributed by atoms with Gasteiger partial charge in [0.2, 0.25) is 0 Å². The molecule has 8 heteroatoms. The van der Waals surface area contributed by atoms with Crippen LogP contribution in [0.15, 0.2) is 23.1 Å². The van der Waals surface area contributed by atoms with Gasteiger partial charge in [-0.1, -0.05) is 11.6 Å². The molecule has 1 aromatic carbocycles. The average Bonchev–Trinajstić information content (AvgIpc) is 2.95. The standard InChI is InChI=1S/C15H18ClNO5S/c1-23(19,20)13-10-11(2-3-12(13)16)14(18)17-6-4-15(5-7-17)21-8-9-22-15/h2-3,10H,4-9H2,1H3. The van der Waals surface area contributed by atoms with E-state index in [-0.39, 0.29) is 15.8 Å². The van der Waals surface area contributed by atoms with E-state index in [0.29, 0.717) is 44.7 Å². The lowest BCUT2D eigenvalue weighted by Gasteiger charge is -2.37. The highest BCUT2D eigenvalue weighted by Gasteiger charge is 2.40. The van der Waals surface area contributed by atoms with Crippen LogP contribution in [-0.4, -0.2) is 57.6 Å². The second-order valence-electron chi connectivity index (χ2n) is 5.82. The average molecular weight is 360 g/mol. The van der Waals surface area contributed by atoms with Gasteiger partial charge in [-0.15, -0.1) is 0 Å². The normalized spacial score (nSPS) is 20.9. The lowest BCUT2D eigenvalue weighted by molar-refractivity contribution is -0.181. The van der Waals surface area contributed by atoms with Gasteiger partial charge in [0.05, 0.1) is 23.1 Å². The molecule has 2 fully saturated rings. The van der Waals surface area contributed by atoms with Crippen LogP contribution < -0.4 is 0 Å². The number of likely N-dealkylation sites (tertiary alicyclic amines) is 1. The summed E-state index contributed by atoms with van der Waals surface area (Å²) in [7, 11) is -3.48. The first-order valence-electron chi connectivity index (χ1n) is 7.38. The summed E-state index contributed by atoms with van der Waals surface area (Å²) in [6, 6.07) is 4.33. The summed E-state index contributed by atoms with van der Waals surface area (Å²) in [5.41, 5.74) is 0.319. The van der Waals surface area contributed by atoms with Crippen LogP contribution >= 0.6 is 11.6 Å². The van der Waals surface area contributed by atoms with Crippen molar-refractivity contribution in [2.45, 2.75) is 23.5 Å². The number of carbonyl (C=O) groups excluding carboxylic acids is 1. The van der Waals surface area contributed by atoms with Gasteiger partial charge >= 0.3 is 0 Å². The molecule has 0 bridgehead atoms. The van der Waals surface area contributed by atoms with Crippen LogP contribution in [0.3, 0.4) is 0 Å². The molecular formula is C15H18ClNO5S. The molecule has 0 atom stereocenters. The molecule has 0 radical (unpaired) electrons. The Hall–Kier alpha value is -1.15. The predicted octanol–water partition coefficient (Wildman–Crippen LogP) is 1.72. The Balaban J connectivity index is 1.76. The van der Waals surface area contributed by atoms with Crippen LogP contribution in [0.4, 0.5) is 0 Å². The molecular weight excluding hydrogens is 342 g/mol. The van der Waals surface area contributed by atoms with Crippen molar-refractivity contribution in [3.63, 3.8) is 0 Å². The topological polar surface area (TPSA) is 72.9 Å². The summed E-state index contributed by atoms with van der Waals surface area (Å²) in [6.45, 7) is 2.19. The molecule has 23 heavy (non-hydrogen) atoms. The highest BCUT2D eigenvalue weighted by atomic mass is 35.5. The molecule has 0 saturated carbocycles. The van der Waals surface area contributed by atoms with Crippen LogP contribution in [0.25, 0.3) is 0 Å². The van der Waals surface area contributed by atoms with Crippen LogP contribution in [0.5, 0.6) is 0 Å². The molecule has 0 aromatic heterocycles. The summed E-state index contributed by atoms with van der Waals surface area (Å²) in [6.07, 6.45) is 2.30. The van der Waals surface area contributed by atoms with Gasteiger partial charge in [0.1, 0.15) is 0 Å². The minimum atomic E-state index is -3.48. The molecule has 1 spiro atoms. The summed E-state index contributed by atoms with van der Waals surface area (Å²) < 4.78 is 34.7. The maximum Gasteiger partial charge on any atom is 0.253 e. The number of piperidine rings is 1. The predicted molar refractivity (Wildman–Crippen MR) is 84.3 cm³/mol. The van der Waals surface area contributed by atoms with Crippen molar-refractivity contribution in [1.29, 1.82) is 0 Å². The van der Waals surface area contributed by atoms with Crippen molar-refractivity contribution in [2.24, 2.45) is 0 Å². The zero-order valence-electron chi connectivity index (χ0n) is 12.7. The van der Waals surface area contributed by atoms with E-state index >= 15 is 0 Å². The first kappa shape index (κ1) is 16.7. The highest BCUT2D eigenvalue weighted by molar-refractivity contribution is 7.90. The zero-order chi connectivity index (χ0) is 16.7. The molecule has 2 aliphatic rings. The van der Waals surface area contributed by atoms with Gasteiger partial charge in [0.25, 0.3) is 5.91 Å². The van der Waals surface area contributed by atoms with Crippen LogP contribution in [0.2, 0.25) is 5.02 Å². The quantitative estimate of drug-likeness (QED) is 0.804. The molecule has 0 aliphatic carbocycles. The number of rotatable bonds is 2. The highest BCUT2D eigenvalue weighted by Crippen LogP contribution is 2.32. The molecule has 0 N–H and O–H groups in total. The first-order chi connectivity index (χ1) is 10.8. The van der Waals surface area contributed by atoms with Crippen LogP contribution in [0, 0.1) is 0 Å². The maximum absolute atomic E-state index is 12.6. The van der Waals surface area contributed by atoms with Crippen LogP contribution in [-0.2, 0) is 19.3 Å². The summed E-state index contributed by atoms with van der Waals surface area (Å²) in [5.74, 6) is -0.756. The number of carbonyl (C=O) groups is 1. The van der Waals surface area contributed by atoms with Crippen molar-refractivity contribution < 1.29 is 22.7 Å². The molecule has 126 valence electrons. The van der Waals surface area contributed by atoms with E-state index < -0.39 is 15.6 Å². The molecule has 3 rings (SSSR count). The minimum Gasteiger partial charge on any atom is -0.347 e. The monoisotopic (exact) mass is 359 g/mol. The van der Waals surface area contributed by atoms with Crippen molar-refractivity contribution in [2.75, 3.05) is 32.6 Å². The smallest absolute Gasteiger partial charge is 0.253 e. The van der Waals surface area contributed by atoms with Gasteiger partial charge < -0.3 is 14.4 Å². The van der Waals surface area contributed by atoms with Crippen molar-refractivity contribution in [3.8, 4) is 0 Å². The van der Waals surface area contributed by atoms with Gasteiger partial charge in [-0.25, -0.2) is 8.42 Å². The number of sulfone groups is 1. The largest absolute Gasteiger partial charge is 0.347 e. The molecule has 1 amide bonds. The Kier molecular flexibility index (Phi) is 4.39. The molecule has 2 heterocycles. The van der Waals surface area contributed by atoms with Gasteiger partial charge in [-0.3, -0.25) is 4.79 Å². The molecule has 0 unspecified atom stereocenters. The summed E-state index contributed by atoms with van der Waals surface area (Å²) in [5, 5.41) is 0.120. The number of halogens is 1. The summed E-state index contributed by atoms with van der Waals surface area (Å²) >= 11 is 5.92. The zero-order valence-corrected chi connectivity index (χ0v) is 14.3. The Labute approximate surface area is 140 Å². The molecule has 2 aliphatic heterocycles. The minimum absolute atomic E-state index is 0.0269. The number of benzene rings is 1. The Morgan fingerprint density at radius 3 is 2.39 bits per heavy atom. The summed E-state index contributed by atoms with van der Waals surface area (Å²) in [4.78, 5) is 14.3. The second kappa shape index (κ2) is 6.05. The Morgan fingerprint density at radius 1 is 1.22 bits per heavy atom. The van der Waals surface area contributed by atoms with Crippen molar-refractivity contribution in [1.82, 2.24) is 4.90 Å². The third-order valence-electron chi connectivity index (χ3n) is 4.20. The third kappa shape index (κ3) is 3.38. The third-order valence-corrected chi connectivity index (χ3v) is 5.78. The Bertz CT molecular complexity index is 717. The van der Waals surface area contributed by atoms with Crippen molar-refractivity contribution >= 4 is 27.3 Å². The fourth-order valence-corrected chi connectivity index (χ4v) is 4.24. The Morgan fingerprint density at radius 2 is 1.83 bits per heavy atom. The maximum atomic E-state index is 12.6. The van der Waals surface area contributed by atoms with Gasteiger partial charge in [-0.05, 0) is 18.2 Å². The SMILES string of the molecule is CS(=O)(=O)c1cc(C(=O)N2CCC3(CC2)OCCO3)ccc1Cl. The number of hydrogen-bond acceptors (Lipinski definition) is 5. The van der Waals surface area contributed by atoms with E-state index in [1.807, 2.05) is 0 Å². The lowest BCUT2D eigenvalue weighted by Crippen LogP contribution is -2.47. The fourth-order valence-electron chi connectivity index (χ4n) is 2.94. The second-order valence-corrected chi connectivity index (χ2v) is 8.21. The van der Waals surface area contributed by atoms with Gasteiger partial charge in [0, 0.05) is 37.8 Å². The van der Waals surface area contributed by atoms with E-state index in [2.05, 4.69) is 0 Å². The molecule has 2 saturated heterocycles. The van der Waals surface area contributed by atoms with E-state index in [1.165, 1.54) is 12.1 Å². The number of amides is 1. The number of ether oxygens (including phenoxy) is 2. The van der Waals surface area contributed by atoms with E-state index in [1.54, 1.807) is 11.0 Å².